The van der Waals surface area contributed by atoms with Gasteiger partial charge in [0, 0.05) is 10.6 Å². The molecule has 1 rings (SSSR count). The van der Waals surface area contributed by atoms with Crippen LogP contribution in [0.1, 0.15) is 42.5 Å². The van der Waals surface area contributed by atoms with Crippen LogP contribution in [0.2, 0.25) is 5.02 Å². The van der Waals surface area contributed by atoms with Gasteiger partial charge in [-0.2, -0.15) is 0 Å². The maximum absolute atomic E-state index is 6.38. The van der Waals surface area contributed by atoms with Crippen LogP contribution in [0.4, 0.5) is 0 Å². The van der Waals surface area contributed by atoms with Gasteiger partial charge < -0.3 is 10.5 Å². The first-order valence-corrected chi connectivity index (χ1v) is 6.68. The summed E-state index contributed by atoms with van der Waals surface area (Å²) in [5.74, 6) is 0.957. The summed E-state index contributed by atoms with van der Waals surface area (Å²) in [7, 11) is 1.71. The van der Waals surface area contributed by atoms with E-state index in [-0.39, 0.29) is 5.54 Å². The second-order valence-electron chi connectivity index (χ2n) is 5.69. The van der Waals surface area contributed by atoms with E-state index in [1.807, 2.05) is 20.8 Å². The Morgan fingerprint density at radius 1 is 1.11 bits per heavy atom. The predicted octanol–water partition coefficient (Wildman–Crippen LogP) is 3.94. The lowest BCUT2D eigenvalue weighted by Crippen LogP contribution is -2.32. The highest BCUT2D eigenvalue weighted by atomic mass is 35.5. The van der Waals surface area contributed by atoms with E-state index in [4.69, 9.17) is 22.1 Å². The molecule has 0 radical (unpaired) electrons. The zero-order valence-electron chi connectivity index (χ0n) is 12.3. The van der Waals surface area contributed by atoms with Crippen LogP contribution < -0.4 is 10.5 Å². The first kappa shape index (κ1) is 15.3. The summed E-state index contributed by atoms with van der Waals surface area (Å²) < 4.78 is 5.56. The molecule has 102 valence electrons. The Bertz CT molecular complexity index is 447. The van der Waals surface area contributed by atoms with E-state index < -0.39 is 0 Å². The van der Waals surface area contributed by atoms with Crippen molar-refractivity contribution in [1.82, 2.24) is 0 Å². The Hall–Kier alpha value is -0.730. The lowest BCUT2D eigenvalue weighted by Gasteiger charge is -2.22. The Morgan fingerprint density at radius 2 is 1.67 bits per heavy atom. The maximum Gasteiger partial charge on any atom is 0.125 e. The quantitative estimate of drug-likeness (QED) is 0.898. The van der Waals surface area contributed by atoms with Crippen LogP contribution in [0.15, 0.2) is 0 Å². The summed E-state index contributed by atoms with van der Waals surface area (Å²) in [5.41, 5.74) is 10.4. The summed E-state index contributed by atoms with van der Waals surface area (Å²) in [4.78, 5) is 0. The zero-order chi connectivity index (χ0) is 14.1. The first-order chi connectivity index (χ1) is 8.19. The first-order valence-electron chi connectivity index (χ1n) is 6.30. The minimum absolute atomic E-state index is 0.178. The van der Waals surface area contributed by atoms with E-state index in [1.165, 1.54) is 5.56 Å². The van der Waals surface area contributed by atoms with Crippen molar-refractivity contribution in [2.24, 2.45) is 5.73 Å². The molecular formula is C15H24ClNO. The molecular weight excluding hydrogens is 246 g/mol. The molecule has 0 amide bonds. The van der Waals surface area contributed by atoms with E-state index in [9.17, 15) is 0 Å². The van der Waals surface area contributed by atoms with Crippen molar-refractivity contribution in [3.63, 3.8) is 0 Å². The van der Waals surface area contributed by atoms with Crippen LogP contribution in [0.25, 0.3) is 0 Å². The van der Waals surface area contributed by atoms with Gasteiger partial charge in [-0.25, -0.2) is 0 Å². The molecule has 1 aromatic rings. The van der Waals surface area contributed by atoms with Crippen molar-refractivity contribution in [3.05, 3.63) is 27.3 Å². The number of hydrogen-bond donors (Lipinski definition) is 1. The predicted molar refractivity (Wildman–Crippen MR) is 78.8 cm³/mol. The Balaban J connectivity index is 3.25. The minimum atomic E-state index is -0.178. The Labute approximate surface area is 115 Å². The summed E-state index contributed by atoms with van der Waals surface area (Å²) in [6, 6.07) is 0. The van der Waals surface area contributed by atoms with Crippen molar-refractivity contribution in [1.29, 1.82) is 0 Å². The number of nitrogens with two attached hydrogens (primary N) is 1. The highest BCUT2D eigenvalue weighted by Gasteiger charge is 2.19. The van der Waals surface area contributed by atoms with Gasteiger partial charge in [-0.05, 0) is 69.7 Å². The van der Waals surface area contributed by atoms with E-state index in [0.717, 1.165) is 40.3 Å². The standard InChI is InChI=1S/C15H24ClNO/c1-9-10(2)14(18-6)12(11(3)13(9)16)7-8-15(4,5)17/h7-8,17H2,1-6H3. The fraction of sp³-hybridized carbons (Fsp3) is 0.600. The van der Waals surface area contributed by atoms with Gasteiger partial charge in [-0.1, -0.05) is 11.6 Å². The monoisotopic (exact) mass is 269 g/mol. The SMILES string of the molecule is COc1c(C)c(C)c(Cl)c(C)c1CCC(C)(C)N. The molecule has 0 aliphatic rings. The summed E-state index contributed by atoms with van der Waals surface area (Å²) in [6.07, 6.45) is 1.79. The molecule has 0 atom stereocenters. The third-order valence-electron chi connectivity index (χ3n) is 3.51. The Morgan fingerprint density at radius 3 is 2.11 bits per heavy atom. The van der Waals surface area contributed by atoms with Crippen LogP contribution in [0.5, 0.6) is 5.75 Å². The van der Waals surface area contributed by atoms with Gasteiger partial charge in [-0.15, -0.1) is 0 Å². The fourth-order valence-electron chi connectivity index (χ4n) is 2.17. The third-order valence-corrected chi connectivity index (χ3v) is 4.08. The van der Waals surface area contributed by atoms with Crippen LogP contribution in [-0.4, -0.2) is 12.6 Å². The van der Waals surface area contributed by atoms with Crippen molar-refractivity contribution in [3.8, 4) is 5.75 Å². The van der Waals surface area contributed by atoms with Gasteiger partial charge in [0.05, 0.1) is 7.11 Å². The summed E-state index contributed by atoms with van der Waals surface area (Å²) >= 11 is 6.38. The highest BCUT2D eigenvalue weighted by molar-refractivity contribution is 6.32. The van der Waals surface area contributed by atoms with Crippen molar-refractivity contribution >= 4 is 11.6 Å². The van der Waals surface area contributed by atoms with Crippen molar-refractivity contribution in [2.45, 2.75) is 53.0 Å². The van der Waals surface area contributed by atoms with E-state index in [0.29, 0.717) is 0 Å². The molecule has 0 unspecified atom stereocenters. The lowest BCUT2D eigenvalue weighted by atomic mass is 9.91. The summed E-state index contributed by atoms with van der Waals surface area (Å²) in [6.45, 7) is 10.2. The second-order valence-corrected chi connectivity index (χ2v) is 6.07. The largest absolute Gasteiger partial charge is 0.496 e. The number of methoxy groups -OCH3 is 1. The number of hydrogen-bond acceptors (Lipinski definition) is 2. The van der Waals surface area contributed by atoms with Crippen LogP contribution in [0, 0.1) is 20.8 Å². The van der Waals surface area contributed by atoms with Gasteiger partial charge in [0.1, 0.15) is 5.75 Å². The maximum atomic E-state index is 6.38. The molecule has 3 heteroatoms. The van der Waals surface area contributed by atoms with E-state index >= 15 is 0 Å². The van der Waals surface area contributed by atoms with Gasteiger partial charge in [0.15, 0.2) is 0 Å². The molecule has 0 fully saturated rings. The average Bonchev–Trinajstić information content (AvgIpc) is 2.28. The highest BCUT2D eigenvalue weighted by Crippen LogP contribution is 2.36. The fourth-order valence-corrected chi connectivity index (χ4v) is 2.43. The number of ether oxygens (including phenoxy) is 1. The van der Waals surface area contributed by atoms with E-state index in [2.05, 4.69) is 13.8 Å². The topological polar surface area (TPSA) is 35.2 Å². The molecule has 0 aliphatic heterocycles. The molecule has 2 nitrogen and oxygen atoms in total. The average molecular weight is 270 g/mol. The van der Waals surface area contributed by atoms with E-state index in [1.54, 1.807) is 7.11 Å². The lowest BCUT2D eigenvalue weighted by molar-refractivity contribution is 0.400. The van der Waals surface area contributed by atoms with Crippen molar-refractivity contribution in [2.75, 3.05) is 7.11 Å². The van der Waals surface area contributed by atoms with Gasteiger partial charge >= 0.3 is 0 Å². The Kier molecular flexibility index (Phi) is 4.68. The molecule has 0 aromatic heterocycles. The van der Waals surface area contributed by atoms with Crippen LogP contribution >= 0.6 is 11.6 Å². The van der Waals surface area contributed by atoms with Crippen LogP contribution in [0.3, 0.4) is 0 Å². The second kappa shape index (κ2) is 5.50. The molecule has 0 heterocycles. The molecule has 0 spiro atoms. The molecule has 0 saturated heterocycles. The van der Waals surface area contributed by atoms with Crippen LogP contribution in [-0.2, 0) is 6.42 Å². The molecule has 0 saturated carbocycles. The normalized spacial score (nSPS) is 11.8. The molecule has 0 aliphatic carbocycles. The smallest absolute Gasteiger partial charge is 0.125 e. The third kappa shape index (κ3) is 3.18. The molecule has 0 bridgehead atoms. The molecule has 18 heavy (non-hydrogen) atoms. The van der Waals surface area contributed by atoms with Gasteiger partial charge in [-0.3, -0.25) is 0 Å². The van der Waals surface area contributed by atoms with Gasteiger partial charge in [0.2, 0.25) is 0 Å². The number of rotatable bonds is 4. The van der Waals surface area contributed by atoms with Crippen molar-refractivity contribution < 1.29 is 4.74 Å². The van der Waals surface area contributed by atoms with Gasteiger partial charge in [0.25, 0.3) is 0 Å². The summed E-state index contributed by atoms with van der Waals surface area (Å²) in [5, 5.41) is 0.845. The minimum Gasteiger partial charge on any atom is -0.496 e. The zero-order valence-corrected chi connectivity index (χ0v) is 13.0. The molecule has 2 N–H and O–H groups in total. The number of halogens is 1. The number of benzene rings is 1. The molecule has 1 aromatic carbocycles.